The number of carboxylic acid groups (broad SMARTS) is 1. The molecule has 4 rings (SSSR count). The van der Waals surface area contributed by atoms with Gasteiger partial charge in [0.05, 0.1) is 10.9 Å². The third kappa shape index (κ3) is 2.25. The van der Waals surface area contributed by atoms with E-state index in [0.717, 1.165) is 37.8 Å². The van der Waals surface area contributed by atoms with Gasteiger partial charge in [0, 0.05) is 15.7 Å². The molecule has 2 N–H and O–H groups in total. The first-order valence-corrected chi connectivity index (χ1v) is 9.55. The Balaban J connectivity index is 1.84. The lowest BCUT2D eigenvalue weighted by atomic mass is 9.87. The minimum Gasteiger partial charge on any atom is -0.480 e. The van der Waals surface area contributed by atoms with E-state index < -0.39 is 41.4 Å². The first-order valence-electron chi connectivity index (χ1n) is 6.97. The number of hydrogen-bond donors (Lipinski definition) is 2. The van der Waals surface area contributed by atoms with Crippen molar-refractivity contribution in [2.45, 2.75) is 16.2 Å². The highest BCUT2D eigenvalue weighted by atomic mass is 32.2. The van der Waals surface area contributed by atoms with E-state index in [1.807, 2.05) is 17.5 Å². The molecule has 7 nitrogen and oxygen atoms in total. The van der Waals surface area contributed by atoms with E-state index in [4.69, 9.17) is 5.11 Å². The van der Waals surface area contributed by atoms with Gasteiger partial charge in [-0.3, -0.25) is 24.1 Å². The van der Waals surface area contributed by atoms with Gasteiger partial charge >= 0.3 is 10.8 Å². The van der Waals surface area contributed by atoms with Crippen LogP contribution in [0.1, 0.15) is 15.7 Å². The number of carbonyl (C=O) groups is 3. The molecule has 2 unspecified atom stereocenters. The molecule has 2 amide bonds. The maximum Gasteiger partial charge on any atom is 0.323 e. The van der Waals surface area contributed by atoms with Crippen LogP contribution in [0.4, 0.5) is 0 Å². The first-order chi connectivity index (χ1) is 11.5. The highest BCUT2D eigenvalue weighted by molar-refractivity contribution is 8.00. The molecular formula is C14H10N2O5S3. The average molecular weight is 382 g/mol. The minimum absolute atomic E-state index is 0.226. The van der Waals surface area contributed by atoms with E-state index in [1.54, 1.807) is 0 Å². The number of carboxylic acids is 1. The summed E-state index contributed by atoms with van der Waals surface area (Å²) in [7, 11) is 0. The number of thiazole rings is 1. The molecule has 4 heterocycles. The Labute approximate surface area is 147 Å². The van der Waals surface area contributed by atoms with Crippen LogP contribution in [-0.4, -0.2) is 44.6 Å². The van der Waals surface area contributed by atoms with Crippen molar-refractivity contribution in [1.82, 2.24) is 9.88 Å². The summed E-state index contributed by atoms with van der Waals surface area (Å²) in [5, 5.41) is 10.7. The van der Waals surface area contributed by atoms with Crippen molar-refractivity contribution in [3.8, 4) is 0 Å². The van der Waals surface area contributed by atoms with Gasteiger partial charge in [0.1, 0.15) is 11.8 Å². The van der Waals surface area contributed by atoms with E-state index in [2.05, 4.69) is 4.98 Å². The number of nitrogens with zero attached hydrogens (tertiary/aromatic N) is 1. The largest absolute Gasteiger partial charge is 0.480 e. The fraction of sp³-hybridized carbons (Fsp3) is 0.286. The second-order valence-electron chi connectivity index (χ2n) is 5.42. The quantitative estimate of drug-likeness (QED) is 0.772. The van der Waals surface area contributed by atoms with Crippen LogP contribution in [0.5, 0.6) is 0 Å². The average Bonchev–Trinajstić information content (AvgIpc) is 3.21. The Kier molecular flexibility index (Phi) is 3.62. The van der Waals surface area contributed by atoms with Crippen molar-refractivity contribution in [1.29, 1.82) is 0 Å². The number of aromatic amines is 1. The van der Waals surface area contributed by atoms with Crippen LogP contribution in [0.25, 0.3) is 0 Å². The third-order valence-electron chi connectivity index (χ3n) is 4.06. The van der Waals surface area contributed by atoms with Gasteiger partial charge in [0.25, 0.3) is 0 Å². The Morgan fingerprint density at radius 1 is 1.29 bits per heavy atom. The molecule has 2 aromatic rings. The van der Waals surface area contributed by atoms with E-state index in [0.29, 0.717) is 5.03 Å². The number of nitrogens with one attached hydrogen (secondary N) is 1. The number of imide groups is 1. The molecule has 0 saturated carbocycles. The topological polar surface area (TPSA) is 108 Å². The molecule has 0 radical (unpaired) electrons. The lowest BCUT2D eigenvalue weighted by Crippen LogP contribution is -2.36. The summed E-state index contributed by atoms with van der Waals surface area (Å²) in [5.41, 5.74) is 0. The summed E-state index contributed by atoms with van der Waals surface area (Å²) in [6.07, 6.45) is 0. The van der Waals surface area contributed by atoms with Gasteiger partial charge in [-0.25, -0.2) is 0 Å². The molecule has 0 aromatic carbocycles. The maximum absolute atomic E-state index is 12.8. The van der Waals surface area contributed by atoms with Crippen molar-refractivity contribution < 1.29 is 19.5 Å². The smallest absolute Gasteiger partial charge is 0.323 e. The van der Waals surface area contributed by atoms with Crippen molar-refractivity contribution in [3.63, 3.8) is 0 Å². The fourth-order valence-electron chi connectivity index (χ4n) is 3.14. The molecule has 2 aliphatic heterocycles. The predicted molar refractivity (Wildman–Crippen MR) is 88.6 cm³/mol. The van der Waals surface area contributed by atoms with Crippen molar-refractivity contribution in [2.75, 3.05) is 6.54 Å². The van der Waals surface area contributed by atoms with Crippen LogP contribution in [0, 0.1) is 5.92 Å². The van der Waals surface area contributed by atoms with Gasteiger partial charge in [-0.2, -0.15) is 0 Å². The lowest BCUT2D eigenvalue weighted by Gasteiger charge is -2.28. The summed E-state index contributed by atoms with van der Waals surface area (Å²) in [4.78, 5) is 53.0. The molecule has 10 heteroatoms. The number of likely N-dealkylation sites (tertiary alicyclic amines) is 1. The molecule has 0 aliphatic carbocycles. The van der Waals surface area contributed by atoms with Crippen LogP contribution in [0.3, 0.4) is 0 Å². The van der Waals surface area contributed by atoms with Crippen LogP contribution < -0.4 is 4.87 Å². The molecule has 0 bridgehead atoms. The van der Waals surface area contributed by atoms with E-state index in [-0.39, 0.29) is 4.87 Å². The standard InChI is InChI=1S/C14H10N2O5S3/c17-6(18)4-16-12(19)8-7(5-2-1-3-22-5)9-11(15-14(21)24-9)23-10(8)13(16)20/h1-3,7-8,10H,4H2,(H,15,21)(H,17,18)/t7-,8?,10?/m1/s1. The van der Waals surface area contributed by atoms with Gasteiger partial charge in [-0.05, 0) is 11.4 Å². The van der Waals surface area contributed by atoms with E-state index >= 15 is 0 Å². The molecule has 2 aliphatic rings. The van der Waals surface area contributed by atoms with Crippen molar-refractivity contribution in [3.05, 3.63) is 36.9 Å². The SMILES string of the molecule is O=C(O)CN1C(=O)C2Sc3[nH]c(=O)sc3[C@H](c3cccs3)C2C1=O. The summed E-state index contributed by atoms with van der Waals surface area (Å²) in [6.45, 7) is -0.632. The van der Waals surface area contributed by atoms with Crippen LogP contribution in [0.2, 0.25) is 0 Å². The predicted octanol–water partition coefficient (Wildman–Crippen LogP) is 1.17. The van der Waals surface area contributed by atoms with E-state index in [1.165, 1.54) is 11.3 Å². The number of carbonyl (C=O) groups excluding carboxylic acids is 2. The zero-order valence-corrected chi connectivity index (χ0v) is 14.4. The van der Waals surface area contributed by atoms with Crippen molar-refractivity contribution in [2.24, 2.45) is 5.92 Å². The Hall–Kier alpha value is -1.91. The number of fused-ring (bicyclic) bond motifs is 2. The molecule has 1 fully saturated rings. The molecule has 1 saturated heterocycles. The molecule has 24 heavy (non-hydrogen) atoms. The fourth-order valence-corrected chi connectivity index (χ4v) is 6.63. The van der Waals surface area contributed by atoms with Gasteiger partial charge in [-0.15, -0.1) is 11.3 Å². The third-order valence-corrected chi connectivity index (χ3v) is 7.41. The second kappa shape index (κ2) is 5.57. The Bertz CT molecular complexity index is 900. The van der Waals surface area contributed by atoms with Gasteiger partial charge in [-0.1, -0.05) is 29.2 Å². The molecule has 3 atom stereocenters. The summed E-state index contributed by atoms with van der Waals surface area (Å²) < 4.78 is 0. The zero-order valence-electron chi connectivity index (χ0n) is 11.9. The van der Waals surface area contributed by atoms with Crippen LogP contribution in [-0.2, 0) is 14.4 Å². The Morgan fingerprint density at radius 2 is 2.08 bits per heavy atom. The number of amides is 2. The molecule has 124 valence electrons. The minimum atomic E-state index is -1.23. The van der Waals surface area contributed by atoms with E-state index in [9.17, 15) is 19.2 Å². The second-order valence-corrected chi connectivity index (χ2v) is 8.57. The Morgan fingerprint density at radius 3 is 2.75 bits per heavy atom. The highest BCUT2D eigenvalue weighted by Crippen LogP contribution is 2.53. The number of thioether (sulfide) groups is 1. The molecular weight excluding hydrogens is 372 g/mol. The zero-order chi connectivity index (χ0) is 17.0. The van der Waals surface area contributed by atoms with Gasteiger partial charge in [0.15, 0.2) is 0 Å². The number of thiophene rings is 1. The number of aliphatic carboxylic acids is 1. The number of rotatable bonds is 3. The number of aromatic nitrogens is 1. The van der Waals surface area contributed by atoms with Gasteiger partial charge in [0.2, 0.25) is 11.8 Å². The number of H-pyrrole nitrogens is 1. The summed E-state index contributed by atoms with van der Waals surface area (Å²) >= 11 is 3.64. The lowest BCUT2D eigenvalue weighted by molar-refractivity contribution is -0.149. The maximum atomic E-state index is 12.8. The summed E-state index contributed by atoms with van der Waals surface area (Å²) in [5.74, 6) is -3.29. The molecule has 2 aromatic heterocycles. The van der Waals surface area contributed by atoms with Crippen molar-refractivity contribution >= 4 is 52.2 Å². The van der Waals surface area contributed by atoms with Crippen LogP contribution in [0.15, 0.2) is 27.3 Å². The van der Waals surface area contributed by atoms with Crippen LogP contribution >= 0.6 is 34.4 Å². The summed E-state index contributed by atoms with van der Waals surface area (Å²) in [6, 6.07) is 3.72. The highest BCUT2D eigenvalue weighted by Gasteiger charge is 2.56. The number of hydrogen-bond acceptors (Lipinski definition) is 7. The van der Waals surface area contributed by atoms with Gasteiger partial charge < -0.3 is 10.1 Å². The normalized spacial score (nSPS) is 25.7. The first kappa shape index (κ1) is 15.6. The monoisotopic (exact) mass is 382 g/mol. The molecule has 0 spiro atoms.